The number of piperidine rings is 1. The van der Waals surface area contributed by atoms with E-state index in [2.05, 4.69) is 15.0 Å². The van der Waals surface area contributed by atoms with Crippen LogP contribution in [0.1, 0.15) is 43.8 Å². The first-order chi connectivity index (χ1) is 12.7. The molecule has 3 aromatic heterocycles. The molecule has 1 aliphatic rings. The van der Waals surface area contributed by atoms with Gasteiger partial charge >= 0.3 is 0 Å². The number of H-pyrrole nitrogens is 1. The van der Waals surface area contributed by atoms with Crippen molar-refractivity contribution in [3.05, 3.63) is 53.2 Å². The number of hydrogen-bond acceptors (Lipinski definition) is 4. The predicted molar refractivity (Wildman–Crippen MR) is 95.6 cm³/mol. The zero-order valence-electron chi connectivity index (χ0n) is 14.5. The van der Waals surface area contributed by atoms with Gasteiger partial charge in [0.1, 0.15) is 0 Å². The lowest BCUT2D eigenvalue weighted by atomic mass is 9.98. The third-order valence-corrected chi connectivity index (χ3v) is 4.96. The zero-order valence-corrected chi connectivity index (χ0v) is 14.5. The number of likely N-dealkylation sites (tertiary alicyclic amines) is 1. The van der Waals surface area contributed by atoms with Crippen LogP contribution in [0.4, 0.5) is 0 Å². The number of amides is 1. The summed E-state index contributed by atoms with van der Waals surface area (Å²) in [5.74, 6) is 0.657. The summed E-state index contributed by atoms with van der Waals surface area (Å²) in [6, 6.07) is 1.51. The smallest absolute Gasteiger partial charge is 0.259 e. The largest absolute Gasteiger partial charge is 0.337 e. The molecule has 1 aliphatic heterocycles. The van der Waals surface area contributed by atoms with Gasteiger partial charge in [-0.2, -0.15) is 0 Å². The van der Waals surface area contributed by atoms with Crippen LogP contribution in [0, 0.1) is 0 Å². The number of nitrogens with one attached hydrogen (secondary N) is 1. The second kappa shape index (κ2) is 7.15. The molecule has 0 spiro atoms. The lowest BCUT2D eigenvalue weighted by molar-refractivity contribution is -0.135. The quantitative estimate of drug-likeness (QED) is 0.756. The number of fused-ring (bicyclic) bond motifs is 1. The van der Waals surface area contributed by atoms with Crippen molar-refractivity contribution in [2.24, 2.45) is 0 Å². The molecule has 8 heteroatoms. The van der Waals surface area contributed by atoms with Gasteiger partial charge in [-0.1, -0.05) is 0 Å². The van der Waals surface area contributed by atoms with E-state index >= 15 is 0 Å². The van der Waals surface area contributed by atoms with Gasteiger partial charge < -0.3 is 14.5 Å². The van der Waals surface area contributed by atoms with Gasteiger partial charge in [0.15, 0.2) is 0 Å². The molecule has 4 rings (SSSR count). The Kier molecular flexibility index (Phi) is 4.55. The molecule has 26 heavy (non-hydrogen) atoms. The molecule has 1 atom stereocenters. The Morgan fingerprint density at radius 1 is 1.27 bits per heavy atom. The molecule has 1 amide bonds. The Balaban J connectivity index is 1.49. The summed E-state index contributed by atoms with van der Waals surface area (Å²) >= 11 is 0. The first-order valence-corrected chi connectivity index (χ1v) is 9.04. The van der Waals surface area contributed by atoms with E-state index in [1.54, 1.807) is 31.0 Å². The molecule has 0 bridgehead atoms. The fourth-order valence-corrected chi connectivity index (χ4v) is 3.65. The van der Waals surface area contributed by atoms with Crippen LogP contribution in [0.3, 0.4) is 0 Å². The average molecular weight is 354 g/mol. The molecule has 0 unspecified atom stereocenters. The lowest BCUT2D eigenvalue weighted by Crippen LogP contribution is -2.39. The van der Waals surface area contributed by atoms with Gasteiger partial charge in [0.2, 0.25) is 11.7 Å². The minimum atomic E-state index is -0.121. The van der Waals surface area contributed by atoms with Gasteiger partial charge in [-0.3, -0.25) is 14.0 Å². The number of nitrogens with zero attached hydrogens (tertiary/aromatic N) is 5. The average Bonchev–Trinajstić information content (AvgIpc) is 3.33. The highest BCUT2D eigenvalue weighted by Crippen LogP contribution is 2.30. The van der Waals surface area contributed by atoms with Gasteiger partial charge in [-0.05, 0) is 25.7 Å². The van der Waals surface area contributed by atoms with Crippen molar-refractivity contribution in [3.63, 3.8) is 0 Å². The van der Waals surface area contributed by atoms with Gasteiger partial charge in [0.25, 0.3) is 5.56 Å². The SMILES string of the molecule is O=C(CCCn1ccnc1)N1CCCC[C@H]1c1cc(=O)n2ccnc2[nH]1. The minimum absolute atomic E-state index is 0.0844. The summed E-state index contributed by atoms with van der Waals surface area (Å²) in [5, 5.41) is 0. The molecule has 0 aromatic carbocycles. The van der Waals surface area contributed by atoms with E-state index in [0.717, 1.165) is 44.5 Å². The Bertz CT molecular complexity index is 942. The summed E-state index contributed by atoms with van der Waals surface area (Å²) in [6.07, 6.45) is 12.8. The number of carbonyl (C=O) groups is 1. The summed E-state index contributed by atoms with van der Waals surface area (Å²) in [4.78, 5) is 38.4. The van der Waals surface area contributed by atoms with E-state index in [-0.39, 0.29) is 17.5 Å². The van der Waals surface area contributed by atoms with E-state index in [1.807, 2.05) is 15.7 Å². The highest BCUT2D eigenvalue weighted by atomic mass is 16.2. The van der Waals surface area contributed by atoms with Crippen molar-refractivity contribution in [1.29, 1.82) is 0 Å². The number of aromatic amines is 1. The van der Waals surface area contributed by atoms with Crippen molar-refractivity contribution >= 4 is 11.7 Å². The van der Waals surface area contributed by atoms with E-state index < -0.39 is 0 Å². The van der Waals surface area contributed by atoms with Gasteiger partial charge in [0, 0.05) is 56.1 Å². The van der Waals surface area contributed by atoms with Crippen molar-refractivity contribution < 1.29 is 4.79 Å². The maximum Gasteiger partial charge on any atom is 0.259 e. The molecule has 0 aliphatic carbocycles. The summed E-state index contributed by atoms with van der Waals surface area (Å²) in [7, 11) is 0. The molecule has 1 saturated heterocycles. The number of aryl methyl sites for hydroxylation is 1. The molecule has 3 aromatic rings. The van der Waals surface area contributed by atoms with E-state index in [4.69, 9.17) is 0 Å². The third kappa shape index (κ3) is 3.26. The summed E-state index contributed by atoms with van der Waals surface area (Å²) < 4.78 is 3.45. The van der Waals surface area contributed by atoms with Gasteiger partial charge in [0.05, 0.1) is 12.4 Å². The highest BCUT2D eigenvalue weighted by Gasteiger charge is 2.28. The van der Waals surface area contributed by atoms with Crippen LogP contribution in [-0.4, -0.2) is 41.3 Å². The minimum Gasteiger partial charge on any atom is -0.337 e. The second-order valence-corrected chi connectivity index (χ2v) is 6.69. The maximum atomic E-state index is 12.8. The van der Waals surface area contributed by atoms with Crippen molar-refractivity contribution in [2.75, 3.05) is 6.54 Å². The fourth-order valence-electron chi connectivity index (χ4n) is 3.65. The predicted octanol–water partition coefficient (Wildman–Crippen LogP) is 1.75. The topological polar surface area (TPSA) is 88.3 Å². The monoisotopic (exact) mass is 354 g/mol. The van der Waals surface area contributed by atoms with Crippen molar-refractivity contribution in [2.45, 2.75) is 44.7 Å². The Morgan fingerprint density at radius 3 is 3.04 bits per heavy atom. The Morgan fingerprint density at radius 2 is 2.19 bits per heavy atom. The van der Waals surface area contributed by atoms with Crippen LogP contribution >= 0.6 is 0 Å². The second-order valence-electron chi connectivity index (χ2n) is 6.69. The molecular weight excluding hydrogens is 332 g/mol. The molecule has 4 heterocycles. The number of hydrogen-bond donors (Lipinski definition) is 1. The lowest BCUT2D eigenvalue weighted by Gasteiger charge is -2.35. The number of carbonyl (C=O) groups excluding carboxylic acids is 1. The zero-order chi connectivity index (χ0) is 17.9. The molecule has 1 N–H and O–H groups in total. The first kappa shape index (κ1) is 16.6. The van der Waals surface area contributed by atoms with Crippen LogP contribution in [0.2, 0.25) is 0 Å². The third-order valence-electron chi connectivity index (χ3n) is 4.96. The number of rotatable bonds is 5. The van der Waals surface area contributed by atoms with Crippen molar-refractivity contribution in [1.82, 2.24) is 28.8 Å². The summed E-state index contributed by atoms with van der Waals surface area (Å²) in [6.45, 7) is 1.51. The Hall–Kier alpha value is -2.90. The van der Waals surface area contributed by atoms with Crippen LogP contribution < -0.4 is 5.56 Å². The number of aromatic nitrogens is 5. The Labute approximate surface area is 150 Å². The normalized spacial score (nSPS) is 17.7. The van der Waals surface area contributed by atoms with Crippen LogP contribution in [-0.2, 0) is 11.3 Å². The fraction of sp³-hybridized carbons (Fsp3) is 0.444. The molecule has 8 nitrogen and oxygen atoms in total. The highest BCUT2D eigenvalue weighted by molar-refractivity contribution is 5.76. The van der Waals surface area contributed by atoms with Crippen LogP contribution in [0.5, 0.6) is 0 Å². The number of imidazole rings is 2. The maximum absolute atomic E-state index is 12.8. The van der Waals surface area contributed by atoms with Crippen LogP contribution in [0.15, 0.2) is 42.0 Å². The van der Waals surface area contributed by atoms with Crippen LogP contribution in [0.25, 0.3) is 5.78 Å². The molecule has 1 fully saturated rings. The van der Waals surface area contributed by atoms with Crippen molar-refractivity contribution in [3.8, 4) is 0 Å². The van der Waals surface area contributed by atoms with Gasteiger partial charge in [-0.15, -0.1) is 0 Å². The first-order valence-electron chi connectivity index (χ1n) is 9.04. The molecule has 136 valence electrons. The van der Waals surface area contributed by atoms with E-state index in [1.165, 1.54) is 4.40 Å². The van der Waals surface area contributed by atoms with Gasteiger partial charge in [-0.25, -0.2) is 9.97 Å². The molecule has 0 radical (unpaired) electrons. The molecule has 0 saturated carbocycles. The molecular formula is C18H22N6O2. The standard InChI is InChI=1S/C18H22N6O2/c25-16(5-3-8-22-10-6-19-13-22)23-9-2-1-4-15(23)14-12-17(26)24-11-7-20-18(24)21-14/h6-7,10-13,15H,1-5,8-9H2,(H,20,21)/t15-/m0/s1. The van der Waals surface area contributed by atoms with E-state index in [9.17, 15) is 9.59 Å². The van der Waals surface area contributed by atoms with E-state index in [0.29, 0.717) is 12.2 Å². The summed E-state index contributed by atoms with van der Waals surface area (Å²) in [5.41, 5.74) is 0.653.